The second-order valence-corrected chi connectivity index (χ2v) is 9.74. The zero-order valence-electron chi connectivity index (χ0n) is 23.0. The summed E-state index contributed by atoms with van der Waals surface area (Å²) in [4.78, 5) is 0. The van der Waals surface area contributed by atoms with Crippen molar-refractivity contribution in [3.05, 3.63) is 35.4 Å². The number of hydrogen-bond acceptors (Lipinski definition) is 3. The molecular formula is C30H52F2O3. The lowest BCUT2D eigenvalue weighted by Gasteiger charge is -2.40. The van der Waals surface area contributed by atoms with Crippen molar-refractivity contribution in [3.8, 4) is 0 Å². The highest BCUT2D eigenvalue weighted by Gasteiger charge is 2.41. The summed E-state index contributed by atoms with van der Waals surface area (Å²) < 4.78 is 46.2. The number of aryl methyl sites for hydroxylation is 1. The number of unbranched alkanes of at least 4 members (excludes halogenated alkanes) is 7. The summed E-state index contributed by atoms with van der Waals surface area (Å²) in [6.45, 7) is 10.4. The average Bonchev–Trinajstić information content (AvgIpc) is 2.85. The fourth-order valence-corrected chi connectivity index (χ4v) is 4.49. The Kier molecular flexibility index (Phi) is 18.3. The number of hydrogen-bond donors (Lipinski definition) is 0. The van der Waals surface area contributed by atoms with Gasteiger partial charge in [0.25, 0.3) is 5.97 Å². The summed E-state index contributed by atoms with van der Waals surface area (Å²) >= 11 is 0. The Hall–Kier alpha value is -1.04. The van der Waals surface area contributed by atoms with Gasteiger partial charge in [-0.05, 0) is 56.6 Å². The molecule has 0 amide bonds. The van der Waals surface area contributed by atoms with Crippen molar-refractivity contribution in [2.24, 2.45) is 5.92 Å². The minimum Gasteiger partial charge on any atom is -0.327 e. The van der Waals surface area contributed by atoms with Crippen LogP contribution in [-0.4, -0.2) is 25.8 Å². The highest BCUT2D eigenvalue weighted by Crippen LogP contribution is 2.35. The molecule has 0 saturated carbocycles. The molecule has 204 valence electrons. The van der Waals surface area contributed by atoms with E-state index in [1.165, 1.54) is 38.2 Å². The van der Waals surface area contributed by atoms with Crippen LogP contribution in [0.5, 0.6) is 0 Å². The van der Waals surface area contributed by atoms with E-state index in [9.17, 15) is 8.78 Å². The zero-order chi connectivity index (χ0) is 25.8. The van der Waals surface area contributed by atoms with Crippen molar-refractivity contribution in [2.75, 3.05) is 19.8 Å². The molecule has 1 unspecified atom stereocenters. The number of ether oxygens (including phenoxy) is 3. The topological polar surface area (TPSA) is 27.7 Å². The largest absolute Gasteiger partial charge is 0.327 e. The van der Waals surface area contributed by atoms with E-state index in [0.717, 1.165) is 63.9 Å². The Morgan fingerprint density at radius 1 is 0.657 bits per heavy atom. The molecule has 0 aliphatic heterocycles. The van der Waals surface area contributed by atoms with Gasteiger partial charge in [-0.25, -0.2) is 8.78 Å². The normalized spacial score (nSPS) is 12.9. The first-order valence-electron chi connectivity index (χ1n) is 14.4. The molecule has 0 heterocycles. The van der Waals surface area contributed by atoms with Crippen LogP contribution in [-0.2, 0) is 20.6 Å². The van der Waals surface area contributed by atoms with Crippen molar-refractivity contribution in [1.82, 2.24) is 0 Å². The lowest BCUT2D eigenvalue weighted by atomic mass is 9.91. The van der Waals surface area contributed by atoms with E-state index in [2.05, 4.69) is 27.7 Å². The van der Waals surface area contributed by atoms with E-state index in [1.807, 2.05) is 0 Å². The van der Waals surface area contributed by atoms with E-state index in [4.69, 9.17) is 14.2 Å². The van der Waals surface area contributed by atoms with Gasteiger partial charge in [0.1, 0.15) is 11.6 Å². The second kappa shape index (κ2) is 20.1. The van der Waals surface area contributed by atoms with Crippen LogP contribution in [0.1, 0.15) is 123 Å². The van der Waals surface area contributed by atoms with Gasteiger partial charge in [0.2, 0.25) is 0 Å². The molecule has 0 aromatic heterocycles. The van der Waals surface area contributed by atoms with Crippen LogP contribution in [0.15, 0.2) is 18.2 Å². The van der Waals surface area contributed by atoms with Crippen LogP contribution in [0.3, 0.4) is 0 Å². The maximum atomic E-state index is 14.0. The quantitative estimate of drug-likeness (QED) is 0.111. The zero-order valence-corrected chi connectivity index (χ0v) is 23.0. The Balaban J connectivity index is 2.79. The summed E-state index contributed by atoms with van der Waals surface area (Å²) in [5.41, 5.74) is 0.591. The Morgan fingerprint density at radius 3 is 1.69 bits per heavy atom. The Morgan fingerprint density at radius 2 is 1.17 bits per heavy atom. The van der Waals surface area contributed by atoms with Crippen LogP contribution in [0.4, 0.5) is 8.78 Å². The molecule has 3 nitrogen and oxygen atoms in total. The predicted molar refractivity (Wildman–Crippen MR) is 141 cm³/mol. The monoisotopic (exact) mass is 498 g/mol. The molecule has 35 heavy (non-hydrogen) atoms. The SMILES string of the molecule is CCCCCCCCC(CCCCCc1ccc(F)cc1F)C(OCCC)(OCCC)OCCC. The molecule has 1 aromatic rings. The van der Waals surface area contributed by atoms with Gasteiger partial charge in [-0.1, -0.05) is 85.1 Å². The van der Waals surface area contributed by atoms with Crippen LogP contribution >= 0.6 is 0 Å². The van der Waals surface area contributed by atoms with Crippen LogP contribution in [0, 0.1) is 17.6 Å². The molecule has 0 aliphatic carbocycles. The summed E-state index contributed by atoms with van der Waals surface area (Å²) in [6, 6.07) is 3.87. The molecular weight excluding hydrogens is 446 g/mol. The molecule has 0 bridgehead atoms. The van der Waals surface area contributed by atoms with Gasteiger partial charge in [0.05, 0.1) is 19.8 Å². The fourth-order valence-electron chi connectivity index (χ4n) is 4.49. The first-order chi connectivity index (χ1) is 17.0. The van der Waals surface area contributed by atoms with E-state index in [-0.39, 0.29) is 5.92 Å². The van der Waals surface area contributed by atoms with Crippen molar-refractivity contribution in [3.63, 3.8) is 0 Å². The van der Waals surface area contributed by atoms with Gasteiger partial charge < -0.3 is 14.2 Å². The van der Waals surface area contributed by atoms with Crippen LogP contribution < -0.4 is 0 Å². The maximum absolute atomic E-state index is 14.0. The highest BCUT2D eigenvalue weighted by molar-refractivity contribution is 5.18. The van der Waals surface area contributed by atoms with Crippen LogP contribution in [0.2, 0.25) is 0 Å². The Bertz CT molecular complexity index is 616. The molecule has 5 heteroatoms. The molecule has 0 aliphatic rings. The molecule has 1 rings (SSSR count). The van der Waals surface area contributed by atoms with Crippen molar-refractivity contribution in [2.45, 2.75) is 130 Å². The van der Waals surface area contributed by atoms with E-state index >= 15 is 0 Å². The van der Waals surface area contributed by atoms with E-state index < -0.39 is 17.6 Å². The third kappa shape index (κ3) is 13.2. The first-order valence-corrected chi connectivity index (χ1v) is 14.4. The van der Waals surface area contributed by atoms with E-state index in [0.29, 0.717) is 31.8 Å². The summed E-state index contributed by atoms with van der Waals surface area (Å²) in [5.74, 6) is -1.78. The highest BCUT2D eigenvalue weighted by atomic mass is 19.1. The van der Waals surface area contributed by atoms with E-state index in [1.54, 1.807) is 6.07 Å². The number of benzene rings is 1. The minimum atomic E-state index is -0.978. The third-order valence-corrected chi connectivity index (χ3v) is 6.44. The molecule has 1 aromatic carbocycles. The summed E-state index contributed by atoms with van der Waals surface area (Å²) in [7, 11) is 0. The minimum absolute atomic E-state index is 0.167. The summed E-state index contributed by atoms with van der Waals surface area (Å²) in [5, 5.41) is 0. The third-order valence-electron chi connectivity index (χ3n) is 6.44. The van der Waals surface area contributed by atoms with Crippen molar-refractivity contribution < 1.29 is 23.0 Å². The maximum Gasteiger partial charge on any atom is 0.285 e. The lowest BCUT2D eigenvalue weighted by Crippen LogP contribution is -2.47. The smallest absolute Gasteiger partial charge is 0.285 e. The van der Waals surface area contributed by atoms with Gasteiger partial charge in [-0.15, -0.1) is 0 Å². The fraction of sp³-hybridized carbons (Fsp3) is 0.800. The molecule has 0 saturated heterocycles. The Labute approximate surface area is 214 Å². The van der Waals surface area contributed by atoms with Gasteiger partial charge in [-0.2, -0.15) is 0 Å². The number of rotatable bonds is 23. The van der Waals surface area contributed by atoms with Crippen molar-refractivity contribution in [1.29, 1.82) is 0 Å². The summed E-state index contributed by atoms with van der Waals surface area (Å²) in [6.07, 6.45) is 15.7. The molecule has 1 atom stereocenters. The first kappa shape index (κ1) is 32.0. The van der Waals surface area contributed by atoms with Crippen molar-refractivity contribution >= 4 is 0 Å². The van der Waals surface area contributed by atoms with Gasteiger partial charge in [0, 0.05) is 12.0 Å². The van der Waals surface area contributed by atoms with Gasteiger partial charge >= 0.3 is 0 Å². The van der Waals surface area contributed by atoms with Gasteiger partial charge in [-0.3, -0.25) is 0 Å². The second-order valence-electron chi connectivity index (χ2n) is 9.74. The predicted octanol–water partition coefficient (Wildman–Crippen LogP) is 9.37. The average molecular weight is 499 g/mol. The lowest BCUT2D eigenvalue weighted by molar-refractivity contribution is -0.406. The molecule has 0 spiro atoms. The standard InChI is InChI=1S/C30H52F2O3/c1-5-9-10-11-12-15-18-27(30(33-22-6-2,34-23-7-3)35-24-8-4)19-16-13-14-17-26-20-21-28(31)25-29(26)32/h20-21,25,27H,5-19,22-24H2,1-4H3. The molecule has 0 radical (unpaired) electrons. The molecule has 0 fully saturated rings. The van der Waals surface area contributed by atoms with Crippen LogP contribution in [0.25, 0.3) is 0 Å². The number of halogens is 2. The molecule has 0 N–H and O–H groups in total. The van der Waals surface area contributed by atoms with Gasteiger partial charge in [0.15, 0.2) is 0 Å².